The fourth-order valence-electron chi connectivity index (χ4n) is 2.39. The third kappa shape index (κ3) is 5.03. The summed E-state index contributed by atoms with van der Waals surface area (Å²) in [6.45, 7) is 6.36. The highest BCUT2D eigenvalue weighted by Crippen LogP contribution is 2.32. The molecule has 0 bridgehead atoms. The van der Waals surface area contributed by atoms with Gasteiger partial charge in [0.2, 0.25) is 0 Å². The number of aliphatic hydroxyl groups is 1. The summed E-state index contributed by atoms with van der Waals surface area (Å²) < 4.78 is 61.7. The van der Waals surface area contributed by atoms with Crippen LogP contribution in [-0.4, -0.2) is 26.8 Å². The molecule has 0 spiro atoms. The van der Waals surface area contributed by atoms with Gasteiger partial charge in [0.05, 0.1) is 24.0 Å². The van der Waals surface area contributed by atoms with Gasteiger partial charge < -0.3 is 15.3 Å². The first-order valence-corrected chi connectivity index (χ1v) is 10.0. The Bertz CT molecular complexity index is 1170. The lowest BCUT2D eigenvalue weighted by Gasteiger charge is -2.20. The molecule has 0 saturated carbocycles. The van der Waals surface area contributed by atoms with Crippen molar-refractivity contribution in [3.63, 3.8) is 0 Å². The highest BCUT2D eigenvalue weighted by Gasteiger charge is 2.26. The lowest BCUT2D eigenvalue weighted by molar-refractivity contribution is 0.0783. The van der Waals surface area contributed by atoms with Gasteiger partial charge in [-0.2, -0.15) is 0 Å². The molecule has 0 aromatic heterocycles. The second kappa shape index (κ2) is 8.65. The minimum atomic E-state index is -4.38. The number of hydrogen-bond donors (Lipinski definition) is 3. The molecule has 158 valence electrons. The molecule has 2 rings (SSSR count). The molecule has 0 radical (unpaired) electrons. The van der Waals surface area contributed by atoms with Gasteiger partial charge in [-0.15, -0.1) is 0 Å². The molecule has 2 aromatic carbocycles. The molecule has 0 saturated heterocycles. The quantitative estimate of drug-likeness (QED) is 0.478. The van der Waals surface area contributed by atoms with E-state index in [1.165, 1.54) is 39.2 Å². The van der Waals surface area contributed by atoms with E-state index in [9.17, 15) is 22.3 Å². The smallest absolute Gasteiger partial charge is 0.265 e. The van der Waals surface area contributed by atoms with Gasteiger partial charge in [-0.1, -0.05) is 24.5 Å². The van der Waals surface area contributed by atoms with Crippen molar-refractivity contribution in [3.05, 3.63) is 65.2 Å². The first-order valence-electron chi connectivity index (χ1n) is 8.54. The average Bonchev–Trinajstić information content (AvgIpc) is 2.68. The first kappa shape index (κ1) is 23.1. The Morgan fingerprint density at radius 1 is 1.30 bits per heavy atom. The standard InChI is InChI=1S/C21H20F2N2O4S/c1-13(12-24)5-7-15-16(22)8-9-17(20(15)23)25-30(27,28)19-11-14(21(2,3)26)6-10-18(19)29-4/h6,8-12,24-26H,1H2,2-4H3. The zero-order valence-electron chi connectivity index (χ0n) is 16.5. The number of sulfonamides is 1. The largest absolute Gasteiger partial charge is 0.495 e. The maximum atomic E-state index is 14.8. The maximum Gasteiger partial charge on any atom is 0.265 e. The molecule has 0 unspecified atom stereocenters. The van der Waals surface area contributed by atoms with Crippen molar-refractivity contribution in [1.82, 2.24) is 0 Å². The van der Waals surface area contributed by atoms with E-state index in [-0.39, 0.29) is 16.2 Å². The summed E-state index contributed by atoms with van der Waals surface area (Å²) in [5.41, 5.74) is -2.22. The van der Waals surface area contributed by atoms with Crippen LogP contribution in [0.1, 0.15) is 25.0 Å². The highest BCUT2D eigenvalue weighted by molar-refractivity contribution is 7.92. The topological polar surface area (TPSA) is 99.5 Å². The fraction of sp³-hybridized carbons (Fsp3) is 0.190. The van der Waals surface area contributed by atoms with Crippen LogP contribution in [0, 0.1) is 28.9 Å². The second-order valence-electron chi connectivity index (χ2n) is 6.73. The molecular formula is C21H20F2N2O4S. The molecule has 0 fully saturated rings. The predicted molar refractivity (Wildman–Crippen MR) is 110 cm³/mol. The lowest BCUT2D eigenvalue weighted by atomic mass is 9.98. The van der Waals surface area contributed by atoms with Gasteiger partial charge in [-0.05, 0) is 43.7 Å². The molecule has 3 N–H and O–H groups in total. The minimum absolute atomic E-state index is 0.0213. The van der Waals surface area contributed by atoms with E-state index in [2.05, 4.69) is 23.1 Å². The van der Waals surface area contributed by atoms with E-state index in [0.29, 0.717) is 5.56 Å². The van der Waals surface area contributed by atoms with Crippen LogP contribution >= 0.6 is 0 Å². The van der Waals surface area contributed by atoms with Crippen molar-refractivity contribution in [1.29, 1.82) is 5.41 Å². The van der Waals surface area contributed by atoms with Crippen LogP contribution in [0.5, 0.6) is 5.75 Å². The Hall–Kier alpha value is -3.22. The SMILES string of the molecule is C=C(C#Cc1c(F)ccc(NS(=O)(=O)c2cc(C(C)(C)O)ccc2OC)c1F)C=N. The molecule has 9 heteroatoms. The van der Waals surface area contributed by atoms with Crippen LogP contribution in [0.2, 0.25) is 0 Å². The van der Waals surface area contributed by atoms with E-state index in [4.69, 9.17) is 10.1 Å². The second-order valence-corrected chi connectivity index (χ2v) is 8.38. The number of hydrogen-bond acceptors (Lipinski definition) is 5. The summed E-state index contributed by atoms with van der Waals surface area (Å²) in [5.74, 6) is 2.26. The summed E-state index contributed by atoms with van der Waals surface area (Å²) in [6, 6.07) is 5.86. The summed E-state index contributed by atoms with van der Waals surface area (Å²) in [7, 11) is -3.11. The van der Waals surface area contributed by atoms with Crippen molar-refractivity contribution < 1.29 is 27.0 Å². The number of anilines is 1. The van der Waals surface area contributed by atoms with Crippen LogP contribution in [0.15, 0.2) is 47.4 Å². The zero-order chi connectivity index (χ0) is 22.7. The molecule has 6 nitrogen and oxygen atoms in total. The normalized spacial score (nSPS) is 11.3. The van der Waals surface area contributed by atoms with Crippen LogP contribution in [0.3, 0.4) is 0 Å². The van der Waals surface area contributed by atoms with E-state index < -0.39 is 38.5 Å². The molecule has 0 aliphatic heterocycles. The van der Waals surface area contributed by atoms with E-state index >= 15 is 0 Å². The third-order valence-corrected chi connectivity index (χ3v) is 5.40. The molecular weight excluding hydrogens is 414 g/mol. The van der Waals surface area contributed by atoms with Gasteiger partial charge in [0.15, 0.2) is 5.82 Å². The number of rotatable bonds is 6. The molecule has 0 aliphatic carbocycles. The highest BCUT2D eigenvalue weighted by atomic mass is 32.2. The number of methoxy groups -OCH3 is 1. The Kier molecular flexibility index (Phi) is 6.65. The Morgan fingerprint density at radius 3 is 2.53 bits per heavy atom. The van der Waals surface area contributed by atoms with Gasteiger partial charge >= 0.3 is 0 Å². The Labute approximate surface area is 173 Å². The average molecular weight is 434 g/mol. The van der Waals surface area contributed by atoms with E-state index in [0.717, 1.165) is 18.3 Å². The Balaban J connectivity index is 2.56. The van der Waals surface area contributed by atoms with E-state index in [1.807, 2.05) is 0 Å². The monoisotopic (exact) mass is 434 g/mol. The maximum absolute atomic E-state index is 14.8. The van der Waals surface area contributed by atoms with Crippen LogP contribution in [0.4, 0.5) is 14.5 Å². The van der Waals surface area contributed by atoms with Gasteiger partial charge in [0.1, 0.15) is 16.5 Å². The van der Waals surface area contributed by atoms with Crippen LogP contribution in [-0.2, 0) is 15.6 Å². The van der Waals surface area contributed by atoms with Crippen molar-refractivity contribution in [3.8, 4) is 17.6 Å². The zero-order valence-corrected chi connectivity index (χ0v) is 17.3. The number of nitrogens with one attached hydrogen (secondary N) is 2. The number of ether oxygens (including phenoxy) is 1. The molecule has 2 aromatic rings. The third-order valence-electron chi connectivity index (χ3n) is 4.02. The van der Waals surface area contributed by atoms with Crippen LogP contribution < -0.4 is 9.46 Å². The van der Waals surface area contributed by atoms with Crippen molar-refractivity contribution in [2.45, 2.75) is 24.3 Å². The molecule has 30 heavy (non-hydrogen) atoms. The summed E-state index contributed by atoms with van der Waals surface area (Å²) in [4.78, 5) is -0.335. The molecule has 0 aliphatic rings. The summed E-state index contributed by atoms with van der Waals surface area (Å²) in [6.07, 6.45) is 0.817. The lowest BCUT2D eigenvalue weighted by Crippen LogP contribution is -2.19. The van der Waals surface area contributed by atoms with Crippen LogP contribution in [0.25, 0.3) is 0 Å². The first-order chi connectivity index (χ1) is 13.9. The predicted octanol–water partition coefficient (Wildman–Crippen LogP) is 3.56. The number of benzene rings is 2. The summed E-state index contributed by atoms with van der Waals surface area (Å²) >= 11 is 0. The number of allylic oxidation sites excluding steroid dienone is 1. The van der Waals surface area contributed by atoms with Gasteiger partial charge in [-0.25, -0.2) is 17.2 Å². The molecule has 0 atom stereocenters. The molecule has 0 heterocycles. The van der Waals surface area contributed by atoms with Crippen molar-refractivity contribution in [2.75, 3.05) is 11.8 Å². The Morgan fingerprint density at radius 2 is 1.97 bits per heavy atom. The van der Waals surface area contributed by atoms with Crippen molar-refractivity contribution in [2.24, 2.45) is 0 Å². The van der Waals surface area contributed by atoms with Gasteiger partial charge in [0, 0.05) is 11.8 Å². The van der Waals surface area contributed by atoms with Gasteiger partial charge in [0.25, 0.3) is 10.0 Å². The van der Waals surface area contributed by atoms with Gasteiger partial charge in [-0.3, -0.25) is 4.72 Å². The summed E-state index contributed by atoms with van der Waals surface area (Å²) in [5, 5.41) is 17.2. The van der Waals surface area contributed by atoms with Crippen molar-refractivity contribution >= 4 is 21.9 Å². The minimum Gasteiger partial charge on any atom is -0.495 e. The van der Waals surface area contributed by atoms with E-state index in [1.54, 1.807) is 0 Å². The fourth-order valence-corrected chi connectivity index (χ4v) is 3.65. The molecule has 0 amide bonds. The number of halogens is 2.